The number of nitrogens with one attached hydrogen (secondary N) is 1. The van der Waals surface area contributed by atoms with Gasteiger partial charge in [-0.2, -0.15) is 5.10 Å². The molecule has 0 fully saturated rings. The molecule has 2 heterocycles. The second kappa shape index (κ2) is 7.79. The van der Waals surface area contributed by atoms with Gasteiger partial charge in [0.2, 0.25) is 0 Å². The van der Waals surface area contributed by atoms with E-state index in [9.17, 15) is 14.7 Å². The number of para-hydroxylation sites is 1. The van der Waals surface area contributed by atoms with Gasteiger partial charge in [0.05, 0.1) is 17.9 Å². The number of carbonyl (C=O) groups is 1. The Bertz CT molecular complexity index is 1160. The second-order valence-corrected chi connectivity index (χ2v) is 8.54. The number of benzene rings is 1. The minimum Gasteiger partial charge on any atom is -0.507 e. The molecule has 3 aromatic rings. The monoisotopic (exact) mass is 410 g/mol. The molecule has 1 aliphatic carbocycles. The largest absolute Gasteiger partial charge is 0.507 e. The molecular formula is C21H22N4O3S. The van der Waals surface area contributed by atoms with Crippen LogP contribution < -0.4 is 11.0 Å². The summed E-state index contributed by atoms with van der Waals surface area (Å²) in [5.41, 5.74) is 3.83. The van der Waals surface area contributed by atoms with Crippen LogP contribution in [0.2, 0.25) is 0 Å². The van der Waals surface area contributed by atoms with Crippen molar-refractivity contribution in [3.05, 3.63) is 57.0 Å². The molecule has 150 valence electrons. The Morgan fingerprint density at radius 1 is 1.45 bits per heavy atom. The van der Waals surface area contributed by atoms with Crippen LogP contribution in [0.5, 0.6) is 5.75 Å². The number of carbonyl (C=O) groups excluding carboxylic acids is 1. The van der Waals surface area contributed by atoms with Gasteiger partial charge < -0.3 is 5.11 Å². The Kier molecular flexibility index (Phi) is 5.19. The summed E-state index contributed by atoms with van der Waals surface area (Å²) in [6.07, 6.45) is 5.72. The second-order valence-electron chi connectivity index (χ2n) is 7.46. The fourth-order valence-corrected chi connectivity index (χ4v) is 4.94. The zero-order chi connectivity index (χ0) is 20.5. The molecule has 1 aliphatic rings. The maximum absolute atomic E-state index is 13.1. The van der Waals surface area contributed by atoms with Gasteiger partial charge in [0.1, 0.15) is 16.6 Å². The maximum Gasteiger partial charge on any atom is 0.263 e. The lowest BCUT2D eigenvalue weighted by Gasteiger charge is -2.18. The maximum atomic E-state index is 13.1. The highest BCUT2D eigenvalue weighted by Crippen LogP contribution is 2.35. The van der Waals surface area contributed by atoms with Gasteiger partial charge in [0.25, 0.3) is 11.5 Å². The lowest BCUT2D eigenvalue weighted by molar-refractivity contribution is -0.123. The van der Waals surface area contributed by atoms with Crippen LogP contribution in [0.4, 0.5) is 0 Å². The quantitative estimate of drug-likeness (QED) is 0.510. The van der Waals surface area contributed by atoms with Gasteiger partial charge in [-0.05, 0) is 49.8 Å². The van der Waals surface area contributed by atoms with Crippen molar-refractivity contribution in [1.82, 2.24) is 15.0 Å². The number of fused-ring (bicyclic) bond motifs is 3. The number of amides is 1. The molecule has 29 heavy (non-hydrogen) atoms. The molecule has 0 saturated carbocycles. The topological polar surface area (TPSA) is 96.6 Å². The molecule has 0 radical (unpaired) electrons. The first-order valence-electron chi connectivity index (χ1n) is 9.58. The number of hydrogen-bond donors (Lipinski definition) is 2. The predicted molar refractivity (Wildman–Crippen MR) is 114 cm³/mol. The van der Waals surface area contributed by atoms with Crippen LogP contribution in [-0.2, 0) is 17.6 Å². The number of aromatic hydroxyl groups is 1. The molecule has 0 bridgehead atoms. The van der Waals surface area contributed by atoms with Crippen molar-refractivity contribution < 1.29 is 9.90 Å². The predicted octanol–water partition coefficient (Wildman–Crippen LogP) is 3.00. The minimum absolute atomic E-state index is 0.0703. The highest BCUT2D eigenvalue weighted by molar-refractivity contribution is 7.18. The van der Waals surface area contributed by atoms with E-state index in [1.54, 1.807) is 36.5 Å². The van der Waals surface area contributed by atoms with Crippen molar-refractivity contribution in [1.29, 1.82) is 0 Å². The summed E-state index contributed by atoms with van der Waals surface area (Å²) in [5.74, 6) is 0.253. The van der Waals surface area contributed by atoms with Crippen LogP contribution in [0.1, 0.15) is 42.3 Å². The Hall–Kier alpha value is -3.00. The van der Waals surface area contributed by atoms with E-state index in [1.165, 1.54) is 28.1 Å². The van der Waals surface area contributed by atoms with Gasteiger partial charge >= 0.3 is 0 Å². The van der Waals surface area contributed by atoms with E-state index in [0.29, 0.717) is 16.9 Å². The highest BCUT2D eigenvalue weighted by atomic mass is 32.1. The molecule has 0 aliphatic heterocycles. The number of hydrogen-bond acceptors (Lipinski definition) is 6. The SMILES string of the molecule is C[C@H]1CCc2c(sc3ncn([C@H](C)C(=O)NN=Cc4ccccc4O)c(=O)c23)C1. The summed E-state index contributed by atoms with van der Waals surface area (Å²) < 4.78 is 1.36. The Morgan fingerprint density at radius 2 is 2.24 bits per heavy atom. The summed E-state index contributed by atoms with van der Waals surface area (Å²) in [5, 5.41) is 14.3. The van der Waals surface area contributed by atoms with Gasteiger partial charge in [-0.1, -0.05) is 19.1 Å². The average molecular weight is 410 g/mol. The number of phenols is 1. The van der Waals surface area contributed by atoms with Crippen molar-refractivity contribution in [3.8, 4) is 5.75 Å². The fourth-order valence-electron chi connectivity index (χ4n) is 3.60. The lowest BCUT2D eigenvalue weighted by atomic mass is 9.89. The Balaban J connectivity index is 1.57. The van der Waals surface area contributed by atoms with Gasteiger partial charge in [-0.3, -0.25) is 14.2 Å². The third-order valence-electron chi connectivity index (χ3n) is 5.35. The summed E-state index contributed by atoms with van der Waals surface area (Å²) in [6, 6.07) is 5.91. The van der Waals surface area contributed by atoms with E-state index in [1.807, 2.05) is 0 Å². The van der Waals surface area contributed by atoms with Crippen LogP contribution in [-0.4, -0.2) is 26.8 Å². The van der Waals surface area contributed by atoms with E-state index in [-0.39, 0.29) is 11.3 Å². The van der Waals surface area contributed by atoms with E-state index in [4.69, 9.17) is 0 Å². The molecule has 0 saturated heterocycles. The first-order chi connectivity index (χ1) is 14.0. The number of aromatic nitrogens is 2. The van der Waals surface area contributed by atoms with Crippen LogP contribution in [0.15, 0.2) is 40.5 Å². The van der Waals surface area contributed by atoms with Crippen molar-refractivity contribution in [2.75, 3.05) is 0 Å². The Morgan fingerprint density at radius 3 is 3.03 bits per heavy atom. The standard InChI is InChI=1S/C21H22N4O3S/c1-12-7-8-15-17(9-12)29-20-18(15)21(28)25(11-22-20)13(2)19(27)24-23-10-14-5-3-4-6-16(14)26/h3-6,10-13,26H,7-9H2,1-2H3,(H,24,27)/t12-,13+/m0/s1. The zero-order valence-electron chi connectivity index (χ0n) is 16.3. The van der Waals surface area contributed by atoms with Crippen LogP contribution in [0, 0.1) is 5.92 Å². The third-order valence-corrected chi connectivity index (χ3v) is 6.52. The van der Waals surface area contributed by atoms with Crippen molar-refractivity contribution in [3.63, 3.8) is 0 Å². The van der Waals surface area contributed by atoms with Gasteiger partial charge in [0.15, 0.2) is 0 Å². The summed E-state index contributed by atoms with van der Waals surface area (Å²) >= 11 is 1.59. The molecule has 2 atom stereocenters. The molecule has 1 amide bonds. The summed E-state index contributed by atoms with van der Waals surface area (Å²) in [4.78, 5) is 32.0. The van der Waals surface area contributed by atoms with Gasteiger partial charge in [-0.15, -0.1) is 11.3 Å². The normalized spacial score (nSPS) is 17.4. The van der Waals surface area contributed by atoms with Crippen LogP contribution in [0.3, 0.4) is 0 Å². The molecule has 1 aromatic carbocycles. The summed E-state index contributed by atoms with van der Waals surface area (Å²) in [7, 11) is 0. The third kappa shape index (κ3) is 3.67. The first-order valence-corrected chi connectivity index (χ1v) is 10.4. The number of phenolic OH excluding ortho intramolecular Hbond substituents is 1. The molecule has 4 rings (SSSR count). The molecule has 0 unspecified atom stereocenters. The number of thiophene rings is 1. The van der Waals surface area contributed by atoms with Crippen LogP contribution in [0.25, 0.3) is 10.2 Å². The van der Waals surface area contributed by atoms with Crippen molar-refractivity contribution >= 4 is 33.7 Å². The number of rotatable bonds is 4. The fraction of sp³-hybridized carbons (Fsp3) is 0.333. The van der Waals surface area contributed by atoms with E-state index in [2.05, 4.69) is 22.4 Å². The minimum atomic E-state index is -0.765. The Labute approximate surface area is 171 Å². The molecule has 8 heteroatoms. The number of aryl methyl sites for hydroxylation is 1. The van der Waals surface area contributed by atoms with Gasteiger partial charge in [0, 0.05) is 10.4 Å². The molecule has 0 spiro atoms. The summed E-state index contributed by atoms with van der Waals surface area (Å²) in [6.45, 7) is 3.86. The molecule has 2 N–H and O–H groups in total. The molecule has 2 aromatic heterocycles. The van der Waals surface area contributed by atoms with Crippen LogP contribution >= 0.6 is 11.3 Å². The number of hydrazone groups is 1. The molecular weight excluding hydrogens is 388 g/mol. The number of nitrogens with zero attached hydrogens (tertiary/aromatic N) is 3. The van der Waals surface area contributed by atoms with Crippen molar-refractivity contribution in [2.24, 2.45) is 11.0 Å². The first kappa shape index (κ1) is 19.3. The smallest absolute Gasteiger partial charge is 0.263 e. The van der Waals surface area contributed by atoms with Crippen molar-refractivity contribution in [2.45, 2.75) is 39.2 Å². The lowest BCUT2D eigenvalue weighted by Crippen LogP contribution is -2.34. The van der Waals surface area contributed by atoms with E-state index in [0.717, 1.165) is 29.7 Å². The average Bonchev–Trinajstić information content (AvgIpc) is 3.07. The molecule has 7 nitrogen and oxygen atoms in total. The van der Waals surface area contributed by atoms with E-state index >= 15 is 0 Å². The van der Waals surface area contributed by atoms with E-state index < -0.39 is 11.9 Å². The highest BCUT2D eigenvalue weighted by Gasteiger charge is 2.25. The van der Waals surface area contributed by atoms with Gasteiger partial charge in [-0.25, -0.2) is 10.4 Å². The zero-order valence-corrected chi connectivity index (χ0v) is 17.1.